The van der Waals surface area contributed by atoms with E-state index in [4.69, 9.17) is 5.73 Å². The summed E-state index contributed by atoms with van der Waals surface area (Å²) in [5.41, 5.74) is 5.65. The fourth-order valence-electron chi connectivity index (χ4n) is 2.95. The highest BCUT2D eigenvalue weighted by Crippen LogP contribution is 2.26. The molecule has 0 aromatic rings. The van der Waals surface area contributed by atoms with Crippen LogP contribution in [0.4, 0.5) is 0 Å². The summed E-state index contributed by atoms with van der Waals surface area (Å²) >= 11 is 0. The van der Waals surface area contributed by atoms with Crippen molar-refractivity contribution in [2.24, 2.45) is 17.6 Å². The second-order valence-corrected chi connectivity index (χ2v) is 7.12. The first kappa shape index (κ1) is 23.2. The number of amides is 1. The average Bonchev–Trinajstić information content (AvgIpc) is 2.24. The highest BCUT2D eigenvalue weighted by Gasteiger charge is 2.32. The third kappa shape index (κ3) is 8.24. The number of hydrogen-bond acceptors (Lipinski definition) is 3. The molecule has 128 valence electrons. The molecule has 1 saturated heterocycles. The molecule has 0 bridgehead atoms. The summed E-state index contributed by atoms with van der Waals surface area (Å²) in [6.45, 7) is 13.9. The van der Waals surface area contributed by atoms with E-state index < -0.39 is 0 Å². The summed E-state index contributed by atoms with van der Waals surface area (Å²) in [6, 6.07) is -0.0712. The van der Waals surface area contributed by atoms with Crippen LogP contribution in [0.1, 0.15) is 47.5 Å². The Kier molecular flexibility index (Phi) is 10.9. The molecule has 6 heteroatoms. The van der Waals surface area contributed by atoms with Crippen molar-refractivity contribution in [1.29, 1.82) is 0 Å². The standard InChI is InChI=1S/C15H31N3O.2ClH/c1-11-6-12(2)9-18(8-11)15(4,5)10-17-14(19)7-13(3)16;;/h11-13H,6-10,16H2,1-5H3,(H,17,19);2*1H. The van der Waals surface area contributed by atoms with E-state index in [1.807, 2.05) is 6.92 Å². The van der Waals surface area contributed by atoms with Crippen LogP contribution in [0.5, 0.6) is 0 Å². The molecule has 3 N–H and O–H groups in total. The number of carbonyl (C=O) groups excluding carboxylic acids is 1. The van der Waals surface area contributed by atoms with Crippen LogP contribution < -0.4 is 11.1 Å². The van der Waals surface area contributed by atoms with Crippen LogP contribution in [0, 0.1) is 11.8 Å². The highest BCUT2D eigenvalue weighted by molar-refractivity contribution is 5.85. The summed E-state index contributed by atoms with van der Waals surface area (Å²) in [5.74, 6) is 1.53. The second-order valence-electron chi connectivity index (χ2n) is 7.12. The van der Waals surface area contributed by atoms with Gasteiger partial charge in [0.15, 0.2) is 0 Å². The Labute approximate surface area is 142 Å². The largest absolute Gasteiger partial charge is 0.354 e. The maximum Gasteiger partial charge on any atom is 0.221 e. The Morgan fingerprint density at radius 2 is 1.76 bits per heavy atom. The lowest BCUT2D eigenvalue weighted by atomic mass is 9.88. The molecule has 0 aromatic carbocycles. The van der Waals surface area contributed by atoms with Crippen molar-refractivity contribution >= 4 is 30.7 Å². The van der Waals surface area contributed by atoms with E-state index in [-0.39, 0.29) is 42.3 Å². The first-order valence-corrected chi connectivity index (χ1v) is 7.48. The lowest BCUT2D eigenvalue weighted by Crippen LogP contribution is -2.56. The van der Waals surface area contributed by atoms with Gasteiger partial charge in [0.05, 0.1) is 0 Å². The van der Waals surface area contributed by atoms with Crippen LogP contribution >= 0.6 is 24.8 Å². The SMILES string of the molecule is CC(N)CC(=O)NCC(C)(C)N1CC(C)CC(C)C1.Cl.Cl. The molecular formula is C15H33Cl2N3O. The fourth-order valence-corrected chi connectivity index (χ4v) is 2.95. The van der Waals surface area contributed by atoms with Crippen molar-refractivity contribution in [1.82, 2.24) is 10.2 Å². The molecule has 0 aromatic heterocycles. The van der Waals surface area contributed by atoms with Crippen LogP contribution in [0.25, 0.3) is 0 Å². The van der Waals surface area contributed by atoms with Crippen LogP contribution in [0.3, 0.4) is 0 Å². The van der Waals surface area contributed by atoms with Crippen molar-refractivity contribution in [2.45, 2.75) is 59.0 Å². The summed E-state index contributed by atoms with van der Waals surface area (Å²) < 4.78 is 0. The molecule has 21 heavy (non-hydrogen) atoms. The van der Waals surface area contributed by atoms with E-state index in [2.05, 4.69) is 37.9 Å². The van der Waals surface area contributed by atoms with E-state index in [1.165, 1.54) is 6.42 Å². The van der Waals surface area contributed by atoms with E-state index in [1.54, 1.807) is 0 Å². The van der Waals surface area contributed by atoms with Gasteiger partial charge in [-0.15, -0.1) is 24.8 Å². The quantitative estimate of drug-likeness (QED) is 0.807. The lowest BCUT2D eigenvalue weighted by molar-refractivity contribution is -0.122. The number of nitrogens with one attached hydrogen (secondary N) is 1. The van der Waals surface area contributed by atoms with Gasteiger partial charge < -0.3 is 11.1 Å². The normalized spacial score (nSPS) is 24.5. The van der Waals surface area contributed by atoms with Crippen molar-refractivity contribution in [3.05, 3.63) is 0 Å². The molecule has 0 saturated carbocycles. The molecule has 1 aliphatic heterocycles. The number of piperidine rings is 1. The molecule has 4 nitrogen and oxygen atoms in total. The highest BCUT2D eigenvalue weighted by atomic mass is 35.5. The van der Waals surface area contributed by atoms with Gasteiger partial charge in [-0.25, -0.2) is 0 Å². The number of nitrogens with two attached hydrogens (primary N) is 1. The van der Waals surface area contributed by atoms with Crippen LogP contribution in [0.2, 0.25) is 0 Å². The smallest absolute Gasteiger partial charge is 0.221 e. The molecular weight excluding hydrogens is 309 g/mol. The van der Waals surface area contributed by atoms with Crippen molar-refractivity contribution in [3.8, 4) is 0 Å². The zero-order chi connectivity index (χ0) is 14.6. The molecule has 1 amide bonds. The molecule has 3 unspecified atom stereocenters. The van der Waals surface area contributed by atoms with Gasteiger partial charge in [0.25, 0.3) is 0 Å². The maximum atomic E-state index is 11.7. The molecule has 0 aliphatic carbocycles. The fraction of sp³-hybridized carbons (Fsp3) is 0.933. The minimum atomic E-state index is -0.0712. The molecule has 0 spiro atoms. The molecule has 3 atom stereocenters. The van der Waals surface area contributed by atoms with Crippen LogP contribution in [0.15, 0.2) is 0 Å². The third-order valence-electron chi connectivity index (χ3n) is 3.95. The Morgan fingerprint density at radius 3 is 2.19 bits per heavy atom. The number of nitrogens with zero attached hydrogens (tertiary/aromatic N) is 1. The molecule has 0 radical (unpaired) electrons. The topological polar surface area (TPSA) is 58.4 Å². The van der Waals surface area contributed by atoms with E-state index in [0.717, 1.165) is 24.9 Å². The molecule has 1 heterocycles. The number of halogens is 2. The summed E-state index contributed by atoms with van der Waals surface area (Å²) in [5, 5.41) is 3.02. The van der Waals surface area contributed by atoms with Crippen molar-refractivity contribution in [2.75, 3.05) is 19.6 Å². The second kappa shape index (κ2) is 9.88. The van der Waals surface area contributed by atoms with E-state index in [0.29, 0.717) is 13.0 Å². The summed E-state index contributed by atoms with van der Waals surface area (Å²) in [7, 11) is 0. The predicted molar refractivity (Wildman–Crippen MR) is 94.4 cm³/mol. The van der Waals surface area contributed by atoms with E-state index >= 15 is 0 Å². The van der Waals surface area contributed by atoms with Crippen molar-refractivity contribution in [3.63, 3.8) is 0 Å². The Balaban J connectivity index is 0. The van der Waals surface area contributed by atoms with Gasteiger partial charge in [-0.05, 0) is 39.0 Å². The molecule has 1 aliphatic rings. The number of likely N-dealkylation sites (tertiary alicyclic amines) is 1. The van der Waals surface area contributed by atoms with Gasteiger partial charge in [-0.2, -0.15) is 0 Å². The van der Waals surface area contributed by atoms with Gasteiger partial charge in [0.1, 0.15) is 0 Å². The monoisotopic (exact) mass is 341 g/mol. The predicted octanol–water partition coefficient (Wildman–Crippen LogP) is 2.44. The van der Waals surface area contributed by atoms with Gasteiger partial charge in [-0.3, -0.25) is 9.69 Å². The summed E-state index contributed by atoms with van der Waals surface area (Å²) in [4.78, 5) is 14.2. The van der Waals surface area contributed by atoms with E-state index in [9.17, 15) is 4.79 Å². The lowest BCUT2D eigenvalue weighted by Gasteiger charge is -2.45. The van der Waals surface area contributed by atoms with Gasteiger partial charge >= 0.3 is 0 Å². The van der Waals surface area contributed by atoms with Crippen LogP contribution in [-0.2, 0) is 4.79 Å². The number of rotatable bonds is 5. The number of carbonyl (C=O) groups is 1. The molecule has 1 rings (SSSR count). The zero-order valence-electron chi connectivity index (χ0n) is 14.0. The van der Waals surface area contributed by atoms with Crippen molar-refractivity contribution < 1.29 is 4.79 Å². The van der Waals surface area contributed by atoms with Gasteiger partial charge in [0.2, 0.25) is 5.91 Å². The first-order chi connectivity index (χ1) is 8.70. The summed E-state index contributed by atoms with van der Waals surface area (Å²) in [6.07, 6.45) is 1.71. The first-order valence-electron chi connectivity index (χ1n) is 7.48. The number of hydrogen-bond donors (Lipinski definition) is 2. The average molecular weight is 342 g/mol. The Morgan fingerprint density at radius 1 is 1.29 bits per heavy atom. The maximum absolute atomic E-state index is 11.7. The van der Waals surface area contributed by atoms with Gasteiger partial charge in [0, 0.05) is 37.6 Å². The van der Waals surface area contributed by atoms with Crippen LogP contribution in [-0.4, -0.2) is 42.0 Å². The zero-order valence-corrected chi connectivity index (χ0v) is 15.6. The Hall–Kier alpha value is -0.0300. The third-order valence-corrected chi connectivity index (χ3v) is 3.95. The Bertz CT molecular complexity index is 301. The minimum absolute atomic E-state index is 0. The minimum Gasteiger partial charge on any atom is -0.354 e. The van der Waals surface area contributed by atoms with Gasteiger partial charge in [-0.1, -0.05) is 13.8 Å². The molecule has 1 fully saturated rings.